The Morgan fingerprint density at radius 1 is 1.25 bits per heavy atom. The lowest BCUT2D eigenvalue weighted by Gasteiger charge is -2.20. The highest BCUT2D eigenvalue weighted by Gasteiger charge is 2.25. The molecular formula is C25H26N2O4S. The van der Waals surface area contributed by atoms with Gasteiger partial charge in [-0.1, -0.05) is 42.5 Å². The summed E-state index contributed by atoms with van der Waals surface area (Å²) in [5, 5.41) is 12.2. The van der Waals surface area contributed by atoms with Crippen molar-refractivity contribution in [3.8, 4) is 0 Å². The zero-order chi connectivity index (χ0) is 22.8. The fourth-order valence-corrected chi connectivity index (χ4v) is 3.73. The summed E-state index contributed by atoms with van der Waals surface area (Å²) in [6, 6.07) is 12.4. The van der Waals surface area contributed by atoms with Crippen LogP contribution in [-0.4, -0.2) is 40.0 Å². The number of amides is 1. The largest absolute Gasteiger partial charge is 0.496 e. The second kappa shape index (κ2) is 11.9. The van der Waals surface area contributed by atoms with Crippen molar-refractivity contribution in [1.29, 1.82) is 0 Å². The number of carboxylic acid groups (broad SMARTS) is 1. The van der Waals surface area contributed by atoms with Gasteiger partial charge in [0.25, 0.3) is 5.91 Å². The van der Waals surface area contributed by atoms with Crippen LogP contribution in [0.2, 0.25) is 0 Å². The Kier molecular flexibility index (Phi) is 8.69. The minimum atomic E-state index is -1.03. The first-order valence-electron chi connectivity index (χ1n) is 10.3. The molecule has 2 aromatic rings. The van der Waals surface area contributed by atoms with Crippen molar-refractivity contribution < 1.29 is 19.4 Å². The Hall–Kier alpha value is -3.32. The number of carbonyl (C=O) groups excluding carboxylic acids is 1. The van der Waals surface area contributed by atoms with Gasteiger partial charge >= 0.3 is 5.97 Å². The monoisotopic (exact) mass is 450 g/mol. The molecule has 2 N–H and O–H groups in total. The van der Waals surface area contributed by atoms with Crippen LogP contribution < -0.4 is 5.32 Å². The lowest BCUT2D eigenvalue weighted by molar-refractivity contribution is -0.141. The molecular weight excluding hydrogens is 424 g/mol. The van der Waals surface area contributed by atoms with Crippen LogP contribution in [0.25, 0.3) is 5.57 Å². The molecule has 7 heteroatoms. The Labute approximate surface area is 192 Å². The van der Waals surface area contributed by atoms with Crippen molar-refractivity contribution in [2.24, 2.45) is 0 Å². The first-order chi connectivity index (χ1) is 15.6. The summed E-state index contributed by atoms with van der Waals surface area (Å²) < 4.78 is 5.72. The molecule has 0 bridgehead atoms. The number of carboxylic acids is 1. The number of rotatable bonds is 10. The second-order valence-electron chi connectivity index (χ2n) is 7.26. The maximum atomic E-state index is 13.0. The van der Waals surface area contributed by atoms with E-state index in [9.17, 15) is 14.7 Å². The highest BCUT2D eigenvalue weighted by Crippen LogP contribution is 2.31. The van der Waals surface area contributed by atoms with Gasteiger partial charge in [-0.05, 0) is 53.7 Å². The topological polar surface area (TPSA) is 88.5 Å². The van der Waals surface area contributed by atoms with Crippen molar-refractivity contribution >= 4 is 29.2 Å². The van der Waals surface area contributed by atoms with E-state index < -0.39 is 12.0 Å². The molecule has 3 rings (SSSR count). The van der Waals surface area contributed by atoms with E-state index in [1.165, 1.54) is 0 Å². The molecule has 1 aromatic heterocycles. The summed E-state index contributed by atoms with van der Waals surface area (Å²) in [4.78, 5) is 28.7. The van der Waals surface area contributed by atoms with Gasteiger partial charge in [-0.25, -0.2) is 4.79 Å². The average Bonchev–Trinajstić information content (AvgIpc) is 2.82. The quantitative estimate of drug-likeness (QED) is 0.527. The van der Waals surface area contributed by atoms with Crippen molar-refractivity contribution in [3.63, 3.8) is 0 Å². The zero-order valence-corrected chi connectivity index (χ0v) is 18.7. The van der Waals surface area contributed by atoms with E-state index in [0.717, 1.165) is 22.3 Å². The number of benzene rings is 1. The van der Waals surface area contributed by atoms with Crippen LogP contribution in [0.1, 0.15) is 24.0 Å². The van der Waals surface area contributed by atoms with Gasteiger partial charge < -0.3 is 15.2 Å². The molecule has 32 heavy (non-hydrogen) atoms. The van der Waals surface area contributed by atoms with Crippen LogP contribution in [0.5, 0.6) is 0 Å². The molecule has 0 unspecified atom stereocenters. The van der Waals surface area contributed by atoms with Crippen LogP contribution in [0.3, 0.4) is 0 Å². The molecule has 1 aliphatic rings. The van der Waals surface area contributed by atoms with E-state index >= 15 is 0 Å². The minimum absolute atomic E-state index is 0.368. The molecule has 1 atom stereocenters. The molecule has 0 saturated carbocycles. The molecule has 0 spiro atoms. The standard InChI is InChI=1S/C25H26N2O4S/c1-32-13-11-23(25(29)30)27-24(28)21-10-9-18(14-22(21)20-7-3-2-4-8-20)16-31-17-19-6-5-12-26-15-19/h2-8,10,12,14-16,23H,9,11,13,17H2,1H3,(H,27,28)(H,29,30)/t23-/m0/s1. The average molecular weight is 451 g/mol. The number of nitrogens with zero attached hydrogens (tertiary/aromatic N) is 1. The highest BCUT2D eigenvalue weighted by atomic mass is 32.2. The van der Waals surface area contributed by atoms with E-state index in [1.807, 2.05) is 60.9 Å². The number of carbonyl (C=O) groups is 2. The summed E-state index contributed by atoms with van der Waals surface area (Å²) in [5.41, 5.74) is 3.97. The number of ether oxygens (including phenoxy) is 1. The van der Waals surface area contributed by atoms with Gasteiger partial charge in [-0.15, -0.1) is 0 Å². The maximum absolute atomic E-state index is 13.0. The molecule has 1 amide bonds. The van der Waals surface area contributed by atoms with Crippen LogP contribution in [0.15, 0.2) is 84.4 Å². The Balaban J connectivity index is 1.78. The van der Waals surface area contributed by atoms with Gasteiger partial charge in [0.2, 0.25) is 0 Å². The molecule has 6 nitrogen and oxygen atoms in total. The van der Waals surface area contributed by atoms with Gasteiger partial charge in [0.15, 0.2) is 0 Å². The fourth-order valence-electron chi connectivity index (χ4n) is 3.26. The number of hydrogen-bond donors (Lipinski definition) is 2. The Morgan fingerprint density at radius 2 is 2.06 bits per heavy atom. The number of hydrogen-bond acceptors (Lipinski definition) is 5. The predicted molar refractivity (Wildman–Crippen MR) is 127 cm³/mol. The molecule has 1 heterocycles. The van der Waals surface area contributed by atoms with Crippen LogP contribution in [-0.2, 0) is 20.9 Å². The molecule has 0 fully saturated rings. The van der Waals surface area contributed by atoms with Gasteiger partial charge in [-0.3, -0.25) is 9.78 Å². The Bertz CT molecular complexity index is 1020. The molecule has 0 radical (unpaired) electrons. The summed E-state index contributed by atoms with van der Waals surface area (Å²) in [7, 11) is 0. The van der Waals surface area contributed by atoms with Crippen LogP contribution >= 0.6 is 11.8 Å². The van der Waals surface area contributed by atoms with Gasteiger partial charge in [0.1, 0.15) is 12.6 Å². The fraction of sp³-hybridized carbons (Fsp3) is 0.240. The van der Waals surface area contributed by atoms with Crippen LogP contribution in [0.4, 0.5) is 0 Å². The van der Waals surface area contributed by atoms with Gasteiger partial charge in [0.05, 0.1) is 6.26 Å². The van der Waals surface area contributed by atoms with E-state index in [-0.39, 0.29) is 5.91 Å². The van der Waals surface area contributed by atoms with Gasteiger partial charge in [0, 0.05) is 23.5 Å². The summed E-state index contributed by atoms with van der Waals surface area (Å²) in [6.45, 7) is 0.401. The maximum Gasteiger partial charge on any atom is 0.326 e. The molecule has 1 aromatic carbocycles. The van der Waals surface area contributed by atoms with Crippen molar-refractivity contribution in [2.45, 2.75) is 25.5 Å². The SMILES string of the molecule is CSCC[C@H](NC(=O)C1=CCC(=COCc2cccnc2)C=C1c1ccccc1)C(=O)O. The minimum Gasteiger partial charge on any atom is -0.496 e. The zero-order valence-electron chi connectivity index (χ0n) is 17.9. The van der Waals surface area contributed by atoms with E-state index in [2.05, 4.69) is 10.3 Å². The number of aliphatic carboxylic acids is 1. The smallest absolute Gasteiger partial charge is 0.326 e. The predicted octanol–water partition coefficient (Wildman–Crippen LogP) is 4.22. The molecule has 166 valence electrons. The van der Waals surface area contributed by atoms with Crippen molar-refractivity contribution in [2.75, 3.05) is 12.0 Å². The third-order valence-electron chi connectivity index (χ3n) is 4.91. The molecule has 0 aliphatic heterocycles. The lowest BCUT2D eigenvalue weighted by atomic mass is 9.89. The number of aromatic nitrogens is 1. The number of allylic oxidation sites excluding steroid dienone is 3. The number of pyridine rings is 1. The van der Waals surface area contributed by atoms with E-state index in [0.29, 0.717) is 30.8 Å². The second-order valence-corrected chi connectivity index (χ2v) is 8.24. The first kappa shape index (κ1) is 23.3. The van der Waals surface area contributed by atoms with Gasteiger partial charge in [-0.2, -0.15) is 11.8 Å². The summed E-state index contributed by atoms with van der Waals surface area (Å²) >= 11 is 1.55. The van der Waals surface area contributed by atoms with Crippen molar-refractivity contribution in [3.05, 3.63) is 95.5 Å². The normalized spacial score (nSPS) is 15.5. The lowest BCUT2D eigenvalue weighted by Crippen LogP contribution is -2.42. The van der Waals surface area contributed by atoms with Crippen molar-refractivity contribution in [1.82, 2.24) is 10.3 Å². The third kappa shape index (κ3) is 6.59. The van der Waals surface area contributed by atoms with Crippen LogP contribution in [0, 0.1) is 0 Å². The number of thioether (sulfide) groups is 1. The summed E-state index contributed by atoms with van der Waals surface area (Å²) in [5.74, 6) is -0.763. The first-order valence-corrected chi connectivity index (χ1v) is 11.7. The molecule has 0 saturated heterocycles. The highest BCUT2D eigenvalue weighted by molar-refractivity contribution is 7.98. The third-order valence-corrected chi connectivity index (χ3v) is 5.56. The molecule has 1 aliphatic carbocycles. The number of nitrogens with one attached hydrogen (secondary N) is 1. The van der Waals surface area contributed by atoms with E-state index in [4.69, 9.17) is 4.74 Å². The Morgan fingerprint density at radius 3 is 2.75 bits per heavy atom. The van der Waals surface area contributed by atoms with E-state index in [1.54, 1.807) is 30.4 Å². The summed E-state index contributed by atoms with van der Waals surface area (Å²) in [6.07, 6.45) is 11.7.